The van der Waals surface area contributed by atoms with Crippen LogP contribution in [0.5, 0.6) is 0 Å². The van der Waals surface area contributed by atoms with Crippen LogP contribution in [-0.2, 0) is 0 Å². The first-order valence-corrected chi connectivity index (χ1v) is 8.27. The number of hydrogen-bond acceptors (Lipinski definition) is 5. The molecule has 0 amide bonds. The standard InChI is InChI=1S/C21H15N5O/c1-14-8-16(3-4-17(14)13-27)19-12-26-18(10-25-21(26)11-24-19)5-2-15-6-7-23-20(22)9-15/h3-4,6-13H,1H3,(H2,22,23). The molecule has 6 nitrogen and oxygen atoms in total. The molecule has 3 heterocycles. The second-order valence-electron chi connectivity index (χ2n) is 6.05. The van der Waals surface area contributed by atoms with Gasteiger partial charge in [-0.25, -0.2) is 9.97 Å². The molecule has 0 aliphatic heterocycles. The Morgan fingerprint density at radius 3 is 2.74 bits per heavy atom. The number of carbonyl (C=O) groups is 1. The van der Waals surface area contributed by atoms with Crippen LogP contribution in [0.4, 0.5) is 5.82 Å². The van der Waals surface area contributed by atoms with Gasteiger partial charge in [0, 0.05) is 29.1 Å². The van der Waals surface area contributed by atoms with E-state index in [-0.39, 0.29) is 0 Å². The molecular formula is C21H15N5O. The topological polar surface area (TPSA) is 86.2 Å². The number of imidazole rings is 1. The van der Waals surface area contributed by atoms with Gasteiger partial charge in [0.05, 0.1) is 18.1 Å². The van der Waals surface area contributed by atoms with Gasteiger partial charge in [-0.05, 0) is 36.6 Å². The Morgan fingerprint density at radius 1 is 1.07 bits per heavy atom. The summed E-state index contributed by atoms with van der Waals surface area (Å²) in [7, 11) is 0. The number of fused-ring (bicyclic) bond motifs is 1. The van der Waals surface area contributed by atoms with Crippen molar-refractivity contribution in [3.8, 4) is 23.1 Å². The molecule has 130 valence electrons. The Kier molecular flexibility index (Phi) is 4.11. The number of carbonyl (C=O) groups excluding carboxylic acids is 1. The van der Waals surface area contributed by atoms with Gasteiger partial charge in [-0.1, -0.05) is 18.1 Å². The molecule has 1 aromatic carbocycles. The Balaban J connectivity index is 1.76. The maximum atomic E-state index is 11.0. The quantitative estimate of drug-likeness (QED) is 0.442. The number of aryl methyl sites for hydroxylation is 1. The Morgan fingerprint density at radius 2 is 1.96 bits per heavy atom. The van der Waals surface area contributed by atoms with Gasteiger partial charge in [0.15, 0.2) is 5.65 Å². The number of benzene rings is 1. The number of rotatable bonds is 2. The molecule has 0 radical (unpaired) electrons. The lowest BCUT2D eigenvalue weighted by molar-refractivity contribution is 0.112. The van der Waals surface area contributed by atoms with Crippen molar-refractivity contribution in [3.05, 3.63) is 77.5 Å². The highest BCUT2D eigenvalue weighted by atomic mass is 16.1. The van der Waals surface area contributed by atoms with E-state index in [1.165, 1.54) is 0 Å². The van der Waals surface area contributed by atoms with Crippen molar-refractivity contribution in [1.82, 2.24) is 19.4 Å². The highest BCUT2D eigenvalue weighted by Gasteiger charge is 2.07. The highest BCUT2D eigenvalue weighted by Crippen LogP contribution is 2.21. The third-order valence-electron chi connectivity index (χ3n) is 4.20. The molecule has 6 heteroatoms. The van der Waals surface area contributed by atoms with Crippen LogP contribution in [-0.4, -0.2) is 25.6 Å². The summed E-state index contributed by atoms with van der Waals surface area (Å²) in [5.74, 6) is 6.62. The van der Waals surface area contributed by atoms with Crippen LogP contribution < -0.4 is 5.73 Å². The second-order valence-corrected chi connectivity index (χ2v) is 6.05. The van der Waals surface area contributed by atoms with E-state index in [9.17, 15) is 4.79 Å². The van der Waals surface area contributed by atoms with Crippen LogP contribution in [0.15, 0.2) is 55.1 Å². The van der Waals surface area contributed by atoms with Crippen LogP contribution >= 0.6 is 0 Å². The molecule has 0 aliphatic rings. The molecule has 4 aromatic rings. The molecule has 4 rings (SSSR count). The van der Waals surface area contributed by atoms with E-state index in [0.717, 1.165) is 34.4 Å². The van der Waals surface area contributed by atoms with E-state index < -0.39 is 0 Å². The van der Waals surface area contributed by atoms with E-state index in [1.807, 2.05) is 29.7 Å². The Labute approximate surface area is 155 Å². The normalized spacial score (nSPS) is 10.4. The summed E-state index contributed by atoms with van der Waals surface area (Å²) in [6, 6.07) is 9.15. The predicted molar refractivity (Wildman–Crippen MR) is 103 cm³/mol. The summed E-state index contributed by atoms with van der Waals surface area (Å²) in [4.78, 5) is 23.8. The second kappa shape index (κ2) is 6.73. The maximum absolute atomic E-state index is 11.0. The zero-order chi connectivity index (χ0) is 18.8. The minimum atomic E-state index is 0.431. The van der Waals surface area contributed by atoms with Gasteiger partial charge in [-0.15, -0.1) is 0 Å². The van der Waals surface area contributed by atoms with Gasteiger partial charge in [0.2, 0.25) is 0 Å². The fourth-order valence-electron chi connectivity index (χ4n) is 2.76. The number of nitrogens with two attached hydrogens (primary N) is 1. The van der Waals surface area contributed by atoms with E-state index >= 15 is 0 Å². The van der Waals surface area contributed by atoms with Crippen molar-refractivity contribution >= 4 is 17.8 Å². The van der Waals surface area contributed by atoms with Crippen molar-refractivity contribution in [2.45, 2.75) is 6.92 Å². The average Bonchev–Trinajstić information content (AvgIpc) is 3.08. The van der Waals surface area contributed by atoms with E-state index in [4.69, 9.17) is 5.73 Å². The molecule has 0 bridgehead atoms. The summed E-state index contributed by atoms with van der Waals surface area (Å²) in [5, 5.41) is 0. The SMILES string of the molecule is Cc1cc(-c2cn3c(C#Cc4ccnc(N)c4)cnc3cn2)ccc1C=O. The third kappa shape index (κ3) is 3.26. The Bertz CT molecular complexity index is 1230. The van der Waals surface area contributed by atoms with Crippen molar-refractivity contribution in [2.75, 3.05) is 5.73 Å². The van der Waals surface area contributed by atoms with Crippen molar-refractivity contribution in [3.63, 3.8) is 0 Å². The summed E-state index contributed by atoms with van der Waals surface area (Å²) < 4.78 is 1.89. The van der Waals surface area contributed by atoms with Gasteiger partial charge in [0.1, 0.15) is 17.8 Å². The molecule has 3 aromatic heterocycles. The van der Waals surface area contributed by atoms with Crippen LogP contribution in [0.2, 0.25) is 0 Å². The number of anilines is 1. The largest absolute Gasteiger partial charge is 0.384 e. The van der Waals surface area contributed by atoms with E-state index in [0.29, 0.717) is 17.0 Å². The molecule has 0 spiro atoms. The van der Waals surface area contributed by atoms with Crippen molar-refractivity contribution in [1.29, 1.82) is 0 Å². The van der Waals surface area contributed by atoms with Gasteiger partial charge < -0.3 is 5.73 Å². The predicted octanol–water partition coefficient (Wildman–Crippen LogP) is 2.89. The fourth-order valence-corrected chi connectivity index (χ4v) is 2.76. The Hall–Kier alpha value is -3.98. The maximum Gasteiger partial charge on any atom is 0.156 e. The molecule has 0 atom stereocenters. The molecule has 0 saturated carbocycles. The minimum absolute atomic E-state index is 0.431. The number of pyridine rings is 1. The molecule has 0 fully saturated rings. The molecule has 27 heavy (non-hydrogen) atoms. The summed E-state index contributed by atoms with van der Waals surface area (Å²) in [6.07, 6.45) is 7.78. The average molecular weight is 353 g/mol. The van der Waals surface area contributed by atoms with Gasteiger partial charge in [-0.3, -0.25) is 14.2 Å². The minimum Gasteiger partial charge on any atom is -0.384 e. The smallest absolute Gasteiger partial charge is 0.156 e. The first-order valence-electron chi connectivity index (χ1n) is 8.27. The lowest BCUT2D eigenvalue weighted by atomic mass is 10.0. The number of nitrogens with zero attached hydrogens (tertiary/aromatic N) is 4. The van der Waals surface area contributed by atoms with Crippen LogP contribution in [0.1, 0.15) is 27.2 Å². The summed E-state index contributed by atoms with van der Waals surface area (Å²) in [6.45, 7) is 1.90. The van der Waals surface area contributed by atoms with Crippen molar-refractivity contribution < 1.29 is 4.79 Å². The van der Waals surface area contributed by atoms with E-state index in [2.05, 4.69) is 26.8 Å². The highest BCUT2D eigenvalue weighted by molar-refractivity contribution is 5.79. The zero-order valence-electron chi connectivity index (χ0n) is 14.5. The first kappa shape index (κ1) is 16.5. The van der Waals surface area contributed by atoms with Gasteiger partial charge >= 0.3 is 0 Å². The molecule has 2 N–H and O–H groups in total. The third-order valence-corrected chi connectivity index (χ3v) is 4.20. The van der Waals surface area contributed by atoms with E-state index in [1.54, 1.807) is 36.8 Å². The van der Waals surface area contributed by atoms with Gasteiger partial charge in [-0.2, -0.15) is 0 Å². The lowest BCUT2D eigenvalue weighted by Gasteiger charge is -2.05. The molecular weight excluding hydrogens is 338 g/mol. The summed E-state index contributed by atoms with van der Waals surface area (Å²) in [5.41, 5.74) is 11.2. The molecule has 0 saturated heterocycles. The van der Waals surface area contributed by atoms with Gasteiger partial charge in [0.25, 0.3) is 0 Å². The van der Waals surface area contributed by atoms with Crippen molar-refractivity contribution in [2.24, 2.45) is 0 Å². The molecule has 0 unspecified atom stereocenters. The zero-order valence-corrected chi connectivity index (χ0v) is 14.5. The number of nitrogen functional groups attached to an aromatic ring is 1. The molecule has 0 aliphatic carbocycles. The lowest BCUT2D eigenvalue weighted by Crippen LogP contribution is -1.94. The number of hydrogen-bond donors (Lipinski definition) is 1. The monoisotopic (exact) mass is 353 g/mol. The number of aldehydes is 1. The fraction of sp³-hybridized carbons (Fsp3) is 0.0476. The number of aromatic nitrogens is 4. The van der Waals surface area contributed by atoms with Crippen LogP contribution in [0.3, 0.4) is 0 Å². The summed E-state index contributed by atoms with van der Waals surface area (Å²) >= 11 is 0. The first-order chi connectivity index (χ1) is 13.1. The van der Waals surface area contributed by atoms with Crippen LogP contribution in [0.25, 0.3) is 16.9 Å². The van der Waals surface area contributed by atoms with Crippen LogP contribution in [0, 0.1) is 18.8 Å².